The fraction of sp³-hybridized carbons (Fsp3) is 0.348. The van der Waals surface area contributed by atoms with Gasteiger partial charge in [0, 0.05) is 0 Å². The Morgan fingerprint density at radius 2 is 1.58 bits per heavy atom. The van der Waals surface area contributed by atoms with Crippen molar-refractivity contribution >= 4 is 12.0 Å². The molecule has 0 heterocycles. The number of hydrogen-bond acceptors (Lipinski definition) is 2. The molecule has 31 heavy (non-hydrogen) atoms. The van der Waals surface area contributed by atoms with Gasteiger partial charge in [0.25, 0.3) is 0 Å². The maximum absolute atomic E-state index is 13.7. The van der Waals surface area contributed by atoms with Gasteiger partial charge in [-0.05, 0) is 67.6 Å². The number of carbonyl (C=O) groups excluding carboxylic acids is 1. The van der Waals surface area contributed by atoms with Gasteiger partial charge in [-0.2, -0.15) is 26.3 Å². The van der Waals surface area contributed by atoms with E-state index in [1.807, 2.05) is 0 Å². The third-order valence-electron chi connectivity index (χ3n) is 4.99. The Bertz CT molecular complexity index is 964. The topological polar surface area (TPSA) is 26.3 Å². The lowest BCUT2D eigenvalue weighted by Crippen LogP contribution is -2.19. The Morgan fingerprint density at radius 3 is 2.06 bits per heavy atom. The van der Waals surface area contributed by atoms with Crippen LogP contribution in [0.25, 0.3) is 6.08 Å². The molecule has 1 unspecified atom stereocenters. The monoisotopic (exact) mass is 444 g/mol. The molecule has 0 N–H and O–H groups in total. The van der Waals surface area contributed by atoms with Crippen molar-refractivity contribution in [2.45, 2.75) is 46.0 Å². The molecular weight excluding hydrogens is 422 g/mol. The first-order chi connectivity index (χ1) is 14.3. The largest absolute Gasteiger partial charge is 0.462 e. The molecule has 0 aliphatic carbocycles. The summed E-state index contributed by atoms with van der Waals surface area (Å²) in [6.07, 6.45) is -7.71. The molecule has 0 saturated carbocycles. The molecule has 2 aromatic rings. The zero-order chi connectivity index (χ0) is 23.6. The minimum atomic E-state index is -4.87. The number of hydrogen-bond donors (Lipinski definition) is 0. The Kier molecular flexibility index (Phi) is 7.24. The quantitative estimate of drug-likeness (QED) is 0.361. The summed E-state index contributed by atoms with van der Waals surface area (Å²) in [7, 11) is 0. The molecule has 0 aliphatic rings. The van der Waals surface area contributed by atoms with Crippen LogP contribution in [0.3, 0.4) is 0 Å². The van der Waals surface area contributed by atoms with Crippen LogP contribution in [-0.2, 0) is 10.9 Å². The second kappa shape index (κ2) is 9.16. The Hall–Kier alpha value is -2.77. The van der Waals surface area contributed by atoms with Crippen molar-refractivity contribution in [1.29, 1.82) is 0 Å². The summed E-state index contributed by atoms with van der Waals surface area (Å²) in [4.78, 5) is 11.8. The maximum Gasteiger partial charge on any atom is 0.417 e. The molecule has 168 valence electrons. The van der Waals surface area contributed by atoms with Gasteiger partial charge < -0.3 is 4.74 Å². The van der Waals surface area contributed by atoms with Gasteiger partial charge in [-0.15, -0.1) is 0 Å². The zero-order valence-electron chi connectivity index (χ0n) is 17.4. The molecule has 0 aromatic heterocycles. The fourth-order valence-corrected chi connectivity index (χ4v) is 3.15. The molecule has 0 radical (unpaired) electrons. The van der Waals surface area contributed by atoms with Crippen molar-refractivity contribution in [3.05, 3.63) is 75.4 Å². The van der Waals surface area contributed by atoms with E-state index in [-0.39, 0.29) is 17.7 Å². The SMILES string of the molecule is CCOC(=O)c1ccc(/C=C/C(c2cc(C)c(C)c(C)c2)C(F)(F)F)cc1C(F)(F)F. The third kappa shape index (κ3) is 5.89. The average molecular weight is 444 g/mol. The first kappa shape index (κ1) is 24.5. The van der Waals surface area contributed by atoms with Crippen LogP contribution < -0.4 is 0 Å². The fourth-order valence-electron chi connectivity index (χ4n) is 3.15. The second-order valence-corrected chi connectivity index (χ2v) is 7.18. The summed E-state index contributed by atoms with van der Waals surface area (Å²) < 4.78 is 85.9. The van der Waals surface area contributed by atoms with Crippen LogP contribution in [0, 0.1) is 20.8 Å². The molecule has 0 saturated heterocycles. The van der Waals surface area contributed by atoms with E-state index in [0.29, 0.717) is 17.2 Å². The van der Waals surface area contributed by atoms with E-state index < -0.39 is 35.4 Å². The summed E-state index contributed by atoms with van der Waals surface area (Å²) in [5.41, 5.74) is 0.186. The average Bonchev–Trinajstić information content (AvgIpc) is 2.64. The lowest BCUT2D eigenvalue weighted by Gasteiger charge is -2.20. The number of allylic oxidation sites excluding steroid dienone is 1. The van der Waals surface area contributed by atoms with Crippen molar-refractivity contribution in [3.63, 3.8) is 0 Å². The van der Waals surface area contributed by atoms with Gasteiger partial charge in [0.15, 0.2) is 0 Å². The number of aryl methyl sites for hydroxylation is 2. The van der Waals surface area contributed by atoms with Crippen LogP contribution in [-0.4, -0.2) is 18.8 Å². The van der Waals surface area contributed by atoms with Crippen molar-refractivity contribution < 1.29 is 35.9 Å². The summed E-state index contributed by atoms with van der Waals surface area (Å²) in [5.74, 6) is -3.14. The molecule has 0 amide bonds. The second-order valence-electron chi connectivity index (χ2n) is 7.18. The number of alkyl halides is 6. The summed E-state index contributed by atoms with van der Waals surface area (Å²) >= 11 is 0. The van der Waals surface area contributed by atoms with Crippen LogP contribution in [0.5, 0.6) is 0 Å². The highest BCUT2D eigenvalue weighted by Crippen LogP contribution is 2.38. The first-order valence-electron chi connectivity index (χ1n) is 9.46. The highest BCUT2D eigenvalue weighted by Gasteiger charge is 2.39. The molecule has 2 aromatic carbocycles. The third-order valence-corrected chi connectivity index (χ3v) is 4.99. The maximum atomic E-state index is 13.7. The highest BCUT2D eigenvalue weighted by atomic mass is 19.4. The van der Waals surface area contributed by atoms with E-state index in [1.165, 1.54) is 19.1 Å². The van der Waals surface area contributed by atoms with Gasteiger partial charge in [0.2, 0.25) is 0 Å². The number of rotatable bonds is 5. The van der Waals surface area contributed by atoms with E-state index in [0.717, 1.165) is 29.8 Å². The van der Waals surface area contributed by atoms with E-state index in [1.54, 1.807) is 20.8 Å². The molecule has 2 nitrogen and oxygen atoms in total. The highest BCUT2D eigenvalue weighted by molar-refractivity contribution is 5.91. The zero-order valence-corrected chi connectivity index (χ0v) is 17.4. The lowest BCUT2D eigenvalue weighted by molar-refractivity contribution is -0.139. The van der Waals surface area contributed by atoms with Crippen LogP contribution in [0.1, 0.15) is 56.6 Å². The van der Waals surface area contributed by atoms with E-state index >= 15 is 0 Å². The number of carbonyl (C=O) groups is 1. The minimum Gasteiger partial charge on any atom is -0.462 e. The first-order valence-corrected chi connectivity index (χ1v) is 9.46. The number of esters is 1. The van der Waals surface area contributed by atoms with Crippen LogP contribution in [0.4, 0.5) is 26.3 Å². The Labute approximate surface area is 176 Å². The lowest BCUT2D eigenvalue weighted by atomic mass is 9.91. The van der Waals surface area contributed by atoms with Gasteiger partial charge >= 0.3 is 18.3 Å². The van der Waals surface area contributed by atoms with Gasteiger partial charge in [-0.25, -0.2) is 4.79 Å². The predicted octanol–water partition coefficient (Wildman–Crippen LogP) is 7.17. The standard InChI is InChI=1S/C23H22F6O2/c1-5-31-21(30)18-8-6-16(12-20(18)23(27,28)29)7-9-19(22(24,25)26)17-10-13(2)15(4)14(3)11-17/h6-12,19H,5H2,1-4H3/b9-7+. The molecule has 0 aliphatic heterocycles. The van der Waals surface area contributed by atoms with Crippen molar-refractivity contribution in [2.75, 3.05) is 6.61 Å². The number of benzene rings is 2. The van der Waals surface area contributed by atoms with E-state index in [4.69, 9.17) is 0 Å². The summed E-state index contributed by atoms with van der Waals surface area (Å²) in [6.45, 7) is 6.55. The molecule has 1 atom stereocenters. The van der Waals surface area contributed by atoms with Gasteiger partial charge in [-0.3, -0.25) is 0 Å². The van der Waals surface area contributed by atoms with Crippen LogP contribution >= 0.6 is 0 Å². The number of ether oxygens (including phenoxy) is 1. The molecule has 0 bridgehead atoms. The van der Waals surface area contributed by atoms with Crippen LogP contribution in [0.15, 0.2) is 36.4 Å². The van der Waals surface area contributed by atoms with Crippen molar-refractivity contribution in [2.24, 2.45) is 0 Å². The Morgan fingerprint density at radius 1 is 1.00 bits per heavy atom. The minimum absolute atomic E-state index is 0.00328. The summed E-state index contributed by atoms with van der Waals surface area (Å²) in [6, 6.07) is 5.55. The van der Waals surface area contributed by atoms with Crippen molar-refractivity contribution in [1.82, 2.24) is 0 Å². The number of halogens is 6. The molecule has 8 heteroatoms. The van der Waals surface area contributed by atoms with E-state index in [2.05, 4.69) is 4.74 Å². The predicted molar refractivity (Wildman–Crippen MR) is 106 cm³/mol. The molecule has 0 fully saturated rings. The van der Waals surface area contributed by atoms with Crippen LogP contribution in [0.2, 0.25) is 0 Å². The summed E-state index contributed by atoms with van der Waals surface area (Å²) in [5, 5.41) is 0. The molecular formula is C23H22F6O2. The Balaban J connectivity index is 2.51. The molecule has 2 rings (SSSR count). The van der Waals surface area contributed by atoms with Crippen molar-refractivity contribution in [3.8, 4) is 0 Å². The van der Waals surface area contributed by atoms with Gasteiger partial charge in [-0.1, -0.05) is 30.4 Å². The van der Waals surface area contributed by atoms with Gasteiger partial charge in [0.1, 0.15) is 0 Å². The van der Waals surface area contributed by atoms with E-state index in [9.17, 15) is 31.1 Å². The molecule has 0 spiro atoms. The van der Waals surface area contributed by atoms with Gasteiger partial charge in [0.05, 0.1) is 23.7 Å². The smallest absolute Gasteiger partial charge is 0.417 e. The normalized spacial score (nSPS) is 13.5.